The first-order valence-corrected chi connectivity index (χ1v) is 7.09. The molecule has 5 heteroatoms. The molecule has 0 radical (unpaired) electrons. The first-order chi connectivity index (χ1) is 9.99. The van der Waals surface area contributed by atoms with E-state index in [0.29, 0.717) is 16.3 Å². The van der Waals surface area contributed by atoms with Gasteiger partial charge in [0.2, 0.25) is 5.91 Å². The summed E-state index contributed by atoms with van der Waals surface area (Å²) in [6, 6.07) is 10.3. The maximum atomic E-state index is 12.2. The van der Waals surface area contributed by atoms with Crippen LogP contribution in [0.5, 0.6) is 0 Å². The summed E-state index contributed by atoms with van der Waals surface area (Å²) in [4.78, 5) is 13.8. The molecule has 1 heterocycles. The molecule has 21 heavy (non-hydrogen) atoms. The van der Waals surface area contributed by atoms with Crippen LogP contribution in [0.4, 0.5) is 0 Å². The summed E-state index contributed by atoms with van der Waals surface area (Å²) in [6.07, 6.45) is 0.747. The number of benzene rings is 1. The number of rotatable bonds is 5. The average Bonchev–Trinajstić information content (AvgIpc) is 3.00. The third-order valence-corrected chi connectivity index (χ3v) is 3.80. The molecule has 0 aliphatic carbocycles. The lowest BCUT2D eigenvalue weighted by atomic mass is 10.1. The lowest BCUT2D eigenvalue weighted by Crippen LogP contribution is -2.30. The van der Waals surface area contributed by atoms with Crippen molar-refractivity contribution in [3.8, 4) is 0 Å². The van der Waals surface area contributed by atoms with Crippen LogP contribution < -0.4 is 0 Å². The monoisotopic (exact) mass is 307 g/mol. The van der Waals surface area contributed by atoms with Gasteiger partial charge in [-0.05, 0) is 36.8 Å². The molecular weight excluding hydrogens is 290 g/mol. The molecule has 0 fully saturated rings. The van der Waals surface area contributed by atoms with Crippen molar-refractivity contribution in [1.29, 1.82) is 0 Å². The Morgan fingerprint density at radius 3 is 2.57 bits per heavy atom. The van der Waals surface area contributed by atoms with Gasteiger partial charge in [0, 0.05) is 12.1 Å². The predicted molar refractivity (Wildman–Crippen MR) is 80.9 cm³/mol. The van der Waals surface area contributed by atoms with E-state index in [4.69, 9.17) is 16.0 Å². The Kier molecular flexibility index (Phi) is 5.04. The lowest BCUT2D eigenvalue weighted by Gasteiger charge is -2.24. The quantitative estimate of drug-likeness (QED) is 0.918. The first-order valence-electron chi connectivity index (χ1n) is 6.71. The molecule has 4 nitrogen and oxygen atoms in total. The van der Waals surface area contributed by atoms with Gasteiger partial charge in [-0.25, -0.2) is 0 Å². The van der Waals surface area contributed by atoms with Crippen molar-refractivity contribution >= 4 is 17.5 Å². The van der Waals surface area contributed by atoms with Crippen LogP contribution in [-0.2, 0) is 4.79 Å². The molecule has 2 atom stereocenters. The summed E-state index contributed by atoms with van der Waals surface area (Å²) < 4.78 is 5.30. The smallest absolute Gasteiger partial charge is 0.225 e. The van der Waals surface area contributed by atoms with Gasteiger partial charge in [0.05, 0.1) is 24.8 Å². The second kappa shape index (κ2) is 6.78. The largest absolute Gasteiger partial charge is 0.467 e. The van der Waals surface area contributed by atoms with Crippen LogP contribution in [0.2, 0.25) is 5.02 Å². The minimum Gasteiger partial charge on any atom is -0.467 e. The molecule has 2 unspecified atom stereocenters. The SMILES string of the molecule is CC(c1ccco1)N(C)C(=O)CC(O)c1ccc(Cl)cc1. The van der Waals surface area contributed by atoms with E-state index >= 15 is 0 Å². The van der Waals surface area contributed by atoms with Crippen LogP contribution in [0, 0.1) is 0 Å². The van der Waals surface area contributed by atoms with Gasteiger partial charge >= 0.3 is 0 Å². The van der Waals surface area contributed by atoms with Gasteiger partial charge < -0.3 is 14.4 Å². The topological polar surface area (TPSA) is 53.7 Å². The van der Waals surface area contributed by atoms with Crippen molar-refractivity contribution in [2.45, 2.75) is 25.5 Å². The minimum atomic E-state index is -0.846. The van der Waals surface area contributed by atoms with E-state index in [1.54, 1.807) is 48.5 Å². The zero-order valence-corrected chi connectivity index (χ0v) is 12.7. The van der Waals surface area contributed by atoms with Gasteiger partial charge in [0.25, 0.3) is 0 Å². The van der Waals surface area contributed by atoms with E-state index in [-0.39, 0.29) is 18.4 Å². The zero-order chi connectivity index (χ0) is 15.4. The number of carbonyl (C=O) groups is 1. The number of hydrogen-bond donors (Lipinski definition) is 1. The molecule has 1 aromatic carbocycles. The molecule has 1 aromatic heterocycles. The third kappa shape index (κ3) is 3.86. The highest BCUT2D eigenvalue weighted by atomic mass is 35.5. The number of furan rings is 1. The zero-order valence-electron chi connectivity index (χ0n) is 12.0. The maximum Gasteiger partial charge on any atom is 0.225 e. The highest BCUT2D eigenvalue weighted by molar-refractivity contribution is 6.30. The van der Waals surface area contributed by atoms with E-state index in [1.807, 2.05) is 13.0 Å². The van der Waals surface area contributed by atoms with Crippen molar-refractivity contribution in [2.24, 2.45) is 0 Å². The van der Waals surface area contributed by atoms with Gasteiger partial charge in [-0.3, -0.25) is 4.79 Å². The van der Waals surface area contributed by atoms with Crippen LogP contribution in [0.3, 0.4) is 0 Å². The van der Waals surface area contributed by atoms with Crippen molar-refractivity contribution in [1.82, 2.24) is 4.90 Å². The molecule has 2 rings (SSSR count). The van der Waals surface area contributed by atoms with Crippen molar-refractivity contribution in [3.63, 3.8) is 0 Å². The Morgan fingerprint density at radius 1 is 1.33 bits per heavy atom. The van der Waals surface area contributed by atoms with E-state index in [1.165, 1.54) is 0 Å². The Balaban J connectivity index is 1.98. The van der Waals surface area contributed by atoms with Gasteiger partial charge in [0.1, 0.15) is 5.76 Å². The maximum absolute atomic E-state index is 12.2. The van der Waals surface area contributed by atoms with Crippen LogP contribution in [-0.4, -0.2) is 23.0 Å². The molecule has 1 amide bonds. The number of aliphatic hydroxyl groups excluding tert-OH is 1. The van der Waals surface area contributed by atoms with E-state index in [9.17, 15) is 9.90 Å². The molecule has 0 saturated heterocycles. The molecule has 2 aromatic rings. The highest BCUT2D eigenvalue weighted by Crippen LogP contribution is 2.23. The summed E-state index contributed by atoms with van der Waals surface area (Å²) >= 11 is 5.80. The summed E-state index contributed by atoms with van der Waals surface area (Å²) in [5, 5.41) is 10.7. The Labute approximate surface area is 128 Å². The predicted octanol–water partition coefficient (Wildman–Crippen LogP) is 3.58. The van der Waals surface area contributed by atoms with E-state index < -0.39 is 6.10 Å². The second-order valence-electron chi connectivity index (χ2n) is 4.97. The first kappa shape index (κ1) is 15.6. The summed E-state index contributed by atoms with van der Waals surface area (Å²) in [7, 11) is 1.70. The lowest BCUT2D eigenvalue weighted by molar-refractivity contribution is -0.134. The number of amides is 1. The van der Waals surface area contributed by atoms with Gasteiger partial charge in [-0.1, -0.05) is 23.7 Å². The Hall–Kier alpha value is -1.78. The third-order valence-electron chi connectivity index (χ3n) is 3.55. The van der Waals surface area contributed by atoms with E-state index in [2.05, 4.69) is 0 Å². The van der Waals surface area contributed by atoms with E-state index in [0.717, 1.165) is 0 Å². The molecule has 0 aliphatic rings. The molecule has 0 saturated carbocycles. The fraction of sp³-hybridized carbons (Fsp3) is 0.312. The number of nitrogens with zero attached hydrogens (tertiary/aromatic N) is 1. The molecular formula is C16H18ClNO3. The summed E-state index contributed by atoms with van der Waals surface area (Å²) in [5.41, 5.74) is 0.673. The minimum absolute atomic E-state index is 0.0170. The number of hydrogen-bond acceptors (Lipinski definition) is 3. The van der Waals surface area contributed by atoms with Crippen LogP contribution in [0.25, 0.3) is 0 Å². The number of aliphatic hydroxyl groups is 1. The molecule has 0 aliphatic heterocycles. The number of halogens is 1. The molecule has 0 bridgehead atoms. The van der Waals surface area contributed by atoms with Gasteiger partial charge in [-0.2, -0.15) is 0 Å². The fourth-order valence-corrected chi connectivity index (χ4v) is 2.17. The fourth-order valence-electron chi connectivity index (χ4n) is 2.05. The average molecular weight is 308 g/mol. The molecule has 1 N–H and O–H groups in total. The normalized spacial score (nSPS) is 13.7. The van der Waals surface area contributed by atoms with Crippen LogP contribution in [0.1, 0.15) is 36.8 Å². The van der Waals surface area contributed by atoms with Crippen molar-refractivity contribution in [3.05, 3.63) is 59.0 Å². The van der Waals surface area contributed by atoms with Gasteiger partial charge in [0.15, 0.2) is 0 Å². The van der Waals surface area contributed by atoms with Crippen LogP contribution in [0.15, 0.2) is 47.1 Å². The second-order valence-corrected chi connectivity index (χ2v) is 5.40. The van der Waals surface area contributed by atoms with Gasteiger partial charge in [-0.15, -0.1) is 0 Å². The Morgan fingerprint density at radius 2 is 2.00 bits per heavy atom. The highest BCUT2D eigenvalue weighted by Gasteiger charge is 2.22. The summed E-state index contributed by atoms with van der Waals surface area (Å²) in [6.45, 7) is 1.88. The molecule has 0 spiro atoms. The van der Waals surface area contributed by atoms with Crippen molar-refractivity contribution < 1.29 is 14.3 Å². The standard InChI is InChI=1S/C16H18ClNO3/c1-11(15-4-3-9-21-15)18(2)16(20)10-14(19)12-5-7-13(17)8-6-12/h3-9,11,14,19H,10H2,1-2H3. The summed E-state index contributed by atoms with van der Waals surface area (Å²) in [5.74, 6) is 0.563. The Bertz CT molecular complexity index is 580. The van der Waals surface area contributed by atoms with Crippen LogP contribution >= 0.6 is 11.6 Å². The van der Waals surface area contributed by atoms with Crippen molar-refractivity contribution in [2.75, 3.05) is 7.05 Å². The molecule has 112 valence electrons. The number of carbonyl (C=O) groups excluding carboxylic acids is 1.